The average molecular weight is 260 g/mol. The van der Waals surface area contributed by atoms with Gasteiger partial charge in [0.05, 0.1) is 0 Å². The summed E-state index contributed by atoms with van der Waals surface area (Å²) < 4.78 is 0. The summed E-state index contributed by atoms with van der Waals surface area (Å²) in [6.07, 6.45) is 12.1. The minimum absolute atomic E-state index is 0.750. The molecular weight excluding hydrogens is 232 g/mol. The molecular formula is C18H28O. The van der Waals surface area contributed by atoms with Crippen molar-refractivity contribution >= 4 is 6.29 Å². The molecule has 0 aromatic rings. The maximum absolute atomic E-state index is 10.6. The minimum Gasteiger partial charge on any atom is -0.299 e. The average Bonchev–Trinajstić information content (AvgIpc) is 2.37. The molecule has 1 aliphatic rings. The van der Waals surface area contributed by atoms with Crippen LogP contribution < -0.4 is 0 Å². The number of rotatable bonds is 6. The van der Waals surface area contributed by atoms with E-state index in [2.05, 4.69) is 26.8 Å². The Morgan fingerprint density at radius 2 is 2.05 bits per heavy atom. The molecule has 0 spiro atoms. The Balaban J connectivity index is 3.00. The molecule has 19 heavy (non-hydrogen) atoms. The fourth-order valence-corrected chi connectivity index (χ4v) is 2.77. The van der Waals surface area contributed by atoms with Crippen molar-refractivity contribution in [2.75, 3.05) is 0 Å². The van der Waals surface area contributed by atoms with Crippen molar-refractivity contribution in [1.82, 2.24) is 0 Å². The van der Waals surface area contributed by atoms with Crippen molar-refractivity contribution in [3.05, 3.63) is 34.4 Å². The van der Waals surface area contributed by atoms with Gasteiger partial charge in [-0.3, -0.25) is 4.79 Å². The molecule has 0 amide bonds. The van der Waals surface area contributed by atoms with E-state index in [1.165, 1.54) is 44.1 Å². The molecule has 1 rings (SSSR count). The van der Waals surface area contributed by atoms with E-state index in [1.54, 1.807) is 17.2 Å². The van der Waals surface area contributed by atoms with E-state index < -0.39 is 0 Å². The number of allylic oxidation sites excluding steroid dienone is 6. The second-order valence-electron chi connectivity index (χ2n) is 5.94. The second-order valence-corrected chi connectivity index (χ2v) is 5.94. The van der Waals surface area contributed by atoms with E-state index in [4.69, 9.17) is 0 Å². The van der Waals surface area contributed by atoms with E-state index in [0.717, 1.165) is 17.8 Å². The highest BCUT2D eigenvalue weighted by atomic mass is 16.1. The molecule has 0 N–H and O–H groups in total. The van der Waals surface area contributed by atoms with Crippen LogP contribution in [0.1, 0.15) is 66.2 Å². The van der Waals surface area contributed by atoms with Crippen LogP contribution in [-0.4, -0.2) is 6.29 Å². The summed E-state index contributed by atoms with van der Waals surface area (Å²) in [7, 11) is 0. The number of carbonyl (C=O) groups excluding carboxylic acids is 1. The third-order valence-corrected chi connectivity index (χ3v) is 3.87. The lowest BCUT2D eigenvalue weighted by Gasteiger charge is -2.24. The summed E-state index contributed by atoms with van der Waals surface area (Å²) >= 11 is 0. The third-order valence-electron chi connectivity index (χ3n) is 3.87. The largest absolute Gasteiger partial charge is 0.299 e. The zero-order chi connectivity index (χ0) is 14.3. The van der Waals surface area contributed by atoms with Gasteiger partial charge in [-0.15, -0.1) is 0 Å². The molecule has 1 nitrogen and oxygen atoms in total. The van der Waals surface area contributed by atoms with Gasteiger partial charge in [-0.25, -0.2) is 0 Å². The Morgan fingerprint density at radius 1 is 1.32 bits per heavy atom. The van der Waals surface area contributed by atoms with Crippen LogP contribution in [0, 0.1) is 5.92 Å². The Hall–Kier alpha value is -1.11. The summed E-state index contributed by atoms with van der Waals surface area (Å²) in [5, 5.41) is 0. The highest BCUT2D eigenvalue weighted by molar-refractivity contribution is 5.67. The Bertz CT molecular complexity index is 394. The van der Waals surface area contributed by atoms with Crippen molar-refractivity contribution in [2.24, 2.45) is 5.92 Å². The zero-order valence-corrected chi connectivity index (χ0v) is 13.0. The third kappa shape index (κ3) is 5.18. The summed E-state index contributed by atoms with van der Waals surface area (Å²) in [6, 6.07) is 0. The van der Waals surface area contributed by atoms with Crippen molar-refractivity contribution < 1.29 is 4.79 Å². The first-order chi connectivity index (χ1) is 9.08. The molecule has 0 aromatic heterocycles. The molecule has 0 fully saturated rings. The molecule has 0 saturated carbocycles. The topological polar surface area (TPSA) is 17.1 Å². The summed E-state index contributed by atoms with van der Waals surface area (Å²) in [5.74, 6) is 0.750. The van der Waals surface area contributed by atoms with E-state index in [-0.39, 0.29) is 0 Å². The van der Waals surface area contributed by atoms with E-state index in [9.17, 15) is 4.79 Å². The van der Waals surface area contributed by atoms with Crippen molar-refractivity contribution in [2.45, 2.75) is 66.2 Å². The quantitative estimate of drug-likeness (QED) is 0.462. The number of hydrogen-bond acceptors (Lipinski definition) is 1. The van der Waals surface area contributed by atoms with Crippen LogP contribution in [0.25, 0.3) is 0 Å². The molecule has 0 bridgehead atoms. The minimum atomic E-state index is 0.750. The molecule has 1 heteroatoms. The van der Waals surface area contributed by atoms with Crippen LogP contribution in [0.4, 0.5) is 0 Å². The number of carbonyl (C=O) groups is 1. The standard InChI is InChI=1S/C18H28O/c1-5-16-7-6-8-17(13-15(4)11-12-19)18(16)10-9-14(2)3/h11-14H,5-10H2,1-4H3/b15-11+,17-13-. The van der Waals surface area contributed by atoms with Gasteiger partial charge < -0.3 is 0 Å². The first-order valence-corrected chi connectivity index (χ1v) is 7.62. The highest BCUT2D eigenvalue weighted by Gasteiger charge is 2.16. The van der Waals surface area contributed by atoms with Crippen LogP contribution in [0.3, 0.4) is 0 Å². The van der Waals surface area contributed by atoms with E-state index in [1.807, 2.05) is 6.92 Å². The Kier molecular flexibility index (Phi) is 6.83. The van der Waals surface area contributed by atoms with Crippen LogP contribution in [-0.2, 0) is 4.79 Å². The van der Waals surface area contributed by atoms with Gasteiger partial charge in [-0.1, -0.05) is 32.4 Å². The van der Waals surface area contributed by atoms with Gasteiger partial charge in [-0.2, -0.15) is 0 Å². The fourth-order valence-electron chi connectivity index (χ4n) is 2.77. The molecule has 0 aliphatic heterocycles. The van der Waals surface area contributed by atoms with Crippen molar-refractivity contribution in [3.8, 4) is 0 Å². The number of hydrogen-bond donors (Lipinski definition) is 0. The van der Waals surface area contributed by atoms with Gasteiger partial charge in [0.15, 0.2) is 0 Å². The van der Waals surface area contributed by atoms with Crippen LogP contribution in [0.15, 0.2) is 34.4 Å². The van der Waals surface area contributed by atoms with Gasteiger partial charge in [0.25, 0.3) is 0 Å². The van der Waals surface area contributed by atoms with Gasteiger partial charge in [-0.05, 0) is 74.2 Å². The Morgan fingerprint density at radius 3 is 2.63 bits per heavy atom. The lowest BCUT2D eigenvalue weighted by Crippen LogP contribution is -2.05. The van der Waals surface area contributed by atoms with E-state index in [0.29, 0.717) is 0 Å². The lowest BCUT2D eigenvalue weighted by molar-refractivity contribution is -0.104. The molecule has 0 atom stereocenters. The smallest absolute Gasteiger partial charge is 0.143 e. The molecule has 0 aromatic carbocycles. The monoisotopic (exact) mass is 260 g/mol. The van der Waals surface area contributed by atoms with Gasteiger partial charge in [0.2, 0.25) is 0 Å². The van der Waals surface area contributed by atoms with Gasteiger partial charge in [0, 0.05) is 0 Å². The van der Waals surface area contributed by atoms with Gasteiger partial charge in [0.1, 0.15) is 6.29 Å². The predicted octanol–water partition coefficient (Wildman–Crippen LogP) is 5.38. The molecule has 0 saturated heterocycles. The predicted molar refractivity (Wildman–Crippen MR) is 83.1 cm³/mol. The van der Waals surface area contributed by atoms with Gasteiger partial charge >= 0.3 is 0 Å². The zero-order valence-electron chi connectivity index (χ0n) is 13.0. The second kappa shape index (κ2) is 8.14. The summed E-state index contributed by atoms with van der Waals surface area (Å²) in [4.78, 5) is 10.6. The first-order valence-electron chi connectivity index (χ1n) is 7.62. The molecule has 0 unspecified atom stereocenters. The SMILES string of the molecule is CCC1=C(CCC(C)C)/C(=C\C(C)=C\C=O)CCC1. The maximum Gasteiger partial charge on any atom is 0.143 e. The Labute approximate surface area is 118 Å². The normalized spacial score (nSPS) is 19.4. The summed E-state index contributed by atoms with van der Waals surface area (Å²) in [5.41, 5.74) is 5.77. The summed E-state index contributed by atoms with van der Waals surface area (Å²) in [6.45, 7) is 8.86. The maximum atomic E-state index is 10.6. The van der Waals surface area contributed by atoms with Crippen LogP contribution in [0.2, 0.25) is 0 Å². The molecule has 0 heterocycles. The van der Waals surface area contributed by atoms with Crippen molar-refractivity contribution in [3.63, 3.8) is 0 Å². The molecule has 106 valence electrons. The van der Waals surface area contributed by atoms with Crippen LogP contribution >= 0.6 is 0 Å². The lowest BCUT2D eigenvalue weighted by atomic mass is 9.82. The molecule has 0 radical (unpaired) electrons. The highest BCUT2D eigenvalue weighted by Crippen LogP contribution is 2.35. The molecule has 1 aliphatic carbocycles. The number of aldehydes is 1. The van der Waals surface area contributed by atoms with E-state index >= 15 is 0 Å². The van der Waals surface area contributed by atoms with Crippen molar-refractivity contribution in [1.29, 1.82) is 0 Å². The fraction of sp³-hybridized carbons (Fsp3) is 0.611. The van der Waals surface area contributed by atoms with Crippen LogP contribution in [0.5, 0.6) is 0 Å². The first kappa shape index (κ1) is 15.9.